The van der Waals surface area contributed by atoms with Crippen LogP contribution in [0.15, 0.2) is 54.6 Å². The summed E-state index contributed by atoms with van der Waals surface area (Å²) in [7, 11) is 0. The normalized spacial score (nSPS) is 12.8. The van der Waals surface area contributed by atoms with Crippen LogP contribution in [0.1, 0.15) is 53.2 Å². The molecule has 1 atom stereocenters. The molecule has 0 saturated heterocycles. The predicted molar refractivity (Wildman–Crippen MR) is 117 cm³/mol. The number of nitrogens with one attached hydrogen (secondary N) is 1. The van der Waals surface area contributed by atoms with Gasteiger partial charge in [-0.25, -0.2) is 4.79 Å². The van der Waals surface area contributed by atoms with Gasteiger partial charge in [-0.3, -0.25) is 4.79 Å². The molecule has 0 bridgehead atoms. The van der Waals surface area contributed by atoms with E-state index in [2.05, 4.69) is 17.4 Å². The third-order valence-electron chi connectivity index (χ3n) is 5.28. The van der Waals surface area contributed by atoms with E-state index < -0.39 is 0 Å². The topological polar surface area (TPSA) is 55.4 Å². The molecular formula is C24H23NO3S. The molecule has 1 amide bonds. The van der Waals surface area contributed by atoms with Crippen molar-refractivity contribution in [3.05, 3.63) is 76.9 Å². The summed E-state index contributed by atoms with van der Waals surface area (Å²) in [5.74, 6) is -0.742. The van der Waals surface area contributed by atoms with Crippen LogP contribution in [0.25, 0.3) is 10.4 Å². The fraction of sp³-hybridized carbons (Fsp3) is 0.250. The molecule has 0 radical (unpaired) electrons. The number of ether oxygens (including phenoxy) is 1. The van der Waals surface area contributed by atoms with Gasteiger partial charge in [0, 0.05) is 11.3 Å². The highest BCUT2D eigenvalue weighted by Crippen LogP contribution is 2.48. The zero-order chi connectivity index (χ0) is 20.4. The molecule has 0 fully saturated rings. The Bertz CT molecular complexity index is 1060. The number of hydrogen-bond acceptors (Lipinski definition) is 4. The van der Waals surface area contributed by atoms with Gasteiger partial charge in [-0.15, -0.1) is 11.3 Å². The second-order valence-corrected chi connectivity index (χ2v) is 8.05. The number of hydrogen-bond donors (Lipinski definition) is 1. The first-order valence-electron chi connectivity index (χ1n) is 9.90. The van der Waals surface area contributed by atoms with Crippen LogP contribution in [0.5, 0.6) is 0 Å². The van der Waals surface area contributed by atoms with Crippen molar-refractivity contribution in [3.8, 4) is 10.4 Å². The van der Waals surface area contributed by atoms with Crippen molar-refractivity contribution in [1.82, 2.24) is 0 Å². The summed E-state index contributed by atoms with van der Waals surface area (Å²) in [6, 6.07) is 17.9. The largest absolute Gasteiger partial charge is 0.462 e. The molecule has 1 aromatic heterocycles. The van der Waals surface area contributed by atoms with E-state index in [1.165, 1.54) is 16.9 Å². The van der Waals surface area contributed by atoms with Gasteiger partial charge in [-0.2, -0.15) is 0 Å². The molecule has 5 heteroatoms. The van der Waals surface area contributed by atoms with Gasteiger partial charge < -0.3 is 10.1 Å². The van der Waals surface area contributed by atoms with E-state index >= 15 is 0 Å². The molecule has 1 aliphatic rings. The maximum absolute atomic E-state index is 13.1. The minimum absolute atomic E-state index is 0.0996. The minimum Gasteiger partial charge on any atom is -0.462 e. The summed E-state index contributed by atoms with van der Waals surface area (Å²) < 4.78 is 5.32. The summed E-state index contributed by atoms with van der Waals surface area (Å²) in [4.78, 5) is 26.9. The highest BCUT2D eigenvalue weighted by molar-refractivity contribution is 7.20. The Morgan fingerprint density at radius 1 is 1.07 bits per heavy atom. The Morgan fingerprint density at radius 2 is 1.79 bits per heavy atom. The number of esters is 1. The van der Waals surface area contributed by atoms with Crippen molar-refractivity contribution in [2.24, 2.45) is 0 Å². The number of rotatable bonds is 6. The number of carbonyl (C=O) groups is 2. The van der Waals surface area contributed by atoms with Crippen molar-refractivity contribution in [2.45, 2.75) is 32.6 Å². The van der Waals surface area contributed by atoms with Crippen molar-refractivity contribution in [3.63, 3.8) is 0 Å². The van der Waals surface area contributed by atoms with Crippen molar-refractivity contribution in [1.29, 1.82) is 0 Å². The molecule has 0 unspecified atom stereocenters. The number of benzene rings is 2. The lowest BCUT2D eigenvalue weighted by Gasteiger charge is -2.15. The second kappa shape index (κ2) is 8.21. The quantitative estimate of drug-likeness (QED) is 0.423. The SMILES string of the molecule is CCOC(=O)c1c(NC(=O)[C@H](CC)c2ccccc2)sc2c1Cc1ccccc1-2. The van der Waals surface area contributed by atoms with Crippen LogP contribution in [0.2, 0.25) is 0 Å². The third-order valence-corrected chi connectivity index (χ3v) is 6.46. The number of amides is 1. The monoisotopic (exact) mass is 405 g/mol. The van der Waals surface area contributed by atoms with Gasteiger partial charge in [0.1, 0.15) is 5.00 Å². The van der Waals surface area contributed by atoms with Crippen LogP contribution < -0.4 is 5.32 Å². The fourth-order valence-electron chi connectivity index (χ4n) is 3.90. The maximum atomic E-state index is 13.1. The zero-order valence-electron chi connectivity index (χ0n) is 16.5. The predicted octanol–water partition coefficient (Wildman–Crippen LogP) is 5.63. The molecule has 2 aromatic carbocycles. The standard InChI is InChI=1S/C24H23NO3S/c1-3-17(15-10-6-5-7-11-15)22(26)25-23-20(24(27)28-4-2)19-14-16-12-8-9-13-18(16)21(19)29-23/h5-13,17H,3-4,14H2,1-2H3,(H,25,26)/t17-/m1/s1. The van der Waals surface area contributed by atoms with Gasteiger partial charge in [-0.1, -0.05) is 61.5 Å². The molecule has 0 aliphatic heterocycles. The van der Waals surface area contributed by atoms with Crippen molar-refractivity contribution in [2.75, 3.05) is 11.9 Å². The van der Waals surface area contributed by atoms with E-state index in [1.54, 1.807) is 6.92 Å². The molecular weight excluding hydrogens is 382 g/mol. The van der Waals surface area contributed by atoms with Crippen LogP contribution in [0, 0.1) is 0 Å². The molecule has 1 aliphatic carbocycles. The average molecular weight is 406 g/mol. The lowest BCUT2D eigenvalue weighted by Crippen LogP contribution is -2.21. The summed E-state index contributed by atoms with van der Waals surface area (Å²) in [6.45, 7) is 4.08. The first kappa shape index (κ1) is 19.4. The summed E-state index contributed by atoms with van der Waals surface area (Å²) in [5.41, 5.74) is 4.76. The molecule has 148 valence electrons. The first-order chi connectivity index (χ1) is 14.1. The highest BCUT2D eigenvalue weighted by atomic mass is 32.1. The lowest BCUT2D eigenvalue weighted by atomic mass is 9.95. The number of fused-ring (bicyclic) bond motifs is 3. The maximum Gasteiger partial charge on any atom is 0.341 e. The zero-order valence-corrected chi connectivity index (χ0v) is 17.3. The van der Waals surface area contributed by atoms with Crippen LogP contribution in [-0.4, -0.2) is 18.5 Å². The van der Waals surface area contributed by atoms with Gasteiger partial charge in [0.2, 0.25) is 5.91 Å². The van der Waals surface area contributed by atoms with E-state index in [0.717, 1.165) is 21.6 Å². The molecule has 1 heterocycles. The molecule has 0 saturated carbocycles. The van der Waals surface area contributed by atoms with Gasteiger partial charge in [0.15, 0.2) is 0 Å². The Labute approximate surface area is 174 Å². The van der Waals surface area contributed by atoms with Gasteiger partial charge in [-0.05, 0) is 35.6 Å². The second-order valence-electron chi connectivity index (χ2n) is 7.03. The highest BCUT2D eigenvalue weighted by Gasteiger charge is 2.32. The molecule has 0 spiro atoms. The van der Waals surface area contributed by atoms with Crippen molar-refractivity contribution < 1.29 is 14.3 Å². The summed E-state index contributed by atoms with van der Waals surface area (Å²) in [6.07, 6.45) is 1.36. The van der Waals surface area contributed by atoms with Crippen molar-refractivity contribution >= 4 is 28.2 Å². The molecule has 29 heavy (non-hydrogen) atoms. The lowest BCUT2D eigenvalue weighted by molar-refractivity contribution is -0.117. The summed E-state index contributed by atoms with van der Waals surface area (Å²) >= 11 is 1.46. The van der Waals surface area contributed by atoms with Crippen LogP contribution in [0.4, 0.5) is 5.00 Å². The third kappa shape index (κ3) is 3.58. The number of anilines is 1. The fourth-order valence-corrected chi connectivity index (χ4v) is 5.17. The molecule has 4 rings (SSSR count). The first-order valence-corrected chi connectivity index (χ1v) is 10.7. The Balaban J connectivity index is 1.71. The molecule has 1 N–H and O–H groups in total. The van der Waals surface area contributed by atoms with E-state index in [1.807, 2.05) is 49.4 Å². The van der Waals surface area contributed by atoms with E-state index in [0.29, 0.717) is 30.0 Å². The number of carbonyl (C=O) groups excluding carboxylic acids is 2. The van der Waals surface area contributed by atoms with Crippen LogP contribution in [0.3, 0.4) is 0 Å². The van der Waals surface area contributed by atoms with Crippen LogP contribution >= 0.6 is 11.3 Å². The molecule has 4 nitrogen and oxygen atoms in total. The number of thiophene rings is 1. The minimum atomic E-state index is -0.374. The Kier molecular flexibility index (Phi) is 5.49. The Hall–Kier alpha value is -2.92. The van der Waals surface area contributed by atoms with Gasteiger partial charge in [0.25, 0.3) is 0 Å². The summed E-state index contributed by atoms with van der Waals surface area (Å²) in [5, 5.41) is 3.62. The van der Waals surface area contributed by atoms with Gasteiger partial charge in [0.05, 0.1) is 18.1 Å². The van der Waals surface area contributed by atoms with Gasteiger partial charge >= 0.3 is 5.97 Å². The van der Waals surface area contributed by atoms with Crippen LogP contribution in [-0.2, 0) is 16.0 Å². The van der Waals surface area contributed by atoms with E-state index in [-0.39, 0.29) is 17.8 Å². The molecule has 3 aromatic rings. The average Bonchev–Trinajstić information content (AvgIpc) is 3.25. The smallest absolute Gasteiger partial charge is 0.341 e. The Morgan fingerprint density at radius 3 is 2.52 bits per heavy atom. The van der Waals surface area contributed by atoms with E-state index in [9.17, 15) is 9.59 Å². The van der Waals surface area contributed by atoms with E-state index in [4.69, 9.17) is 4.74 Å².